The van der Waals surface area contributed by atoms with E-state index in [0.29, 0.717) is 40.3 Å². The van der Waals surface area contributed by atoms with Crippen LogP contribution in [0.15, 0.2) is 59.6 Å². The van der Waals surface area contributed by atoms with Gasteiger partial charge in [-0.2, -0.15) is 0 Å². The highest BCUT2D eigenvalue weighted by Crippen LogP contribution is 2.40. The Morgan fingerprint density at radius 3 is 2.39 bits per heavy atom. The van der Waals surface area contributed by atoms with Crippen LogP contribution in [-0.2, 0) is 20.8 Å². The predicted octanol–water partition coefficient (Wildman–Crippen LogP) is 7.83. The smallest absolute Gasteiger partial charge is 0.262 e. The normalized spacial score (nSPS) is 17.4. The van der Waals surface area contributed by atoms with E-state index in [9.17, 15) is 24.0 Å². The van der Waals surface area contributed by atoms with Crippen LogP contribution in [0.5, 0.6) is 0 Å². The van der Waals surface area contributed by atoms with Gasteiger partial charge in [-0.15, -0.1) is 21.5 Å². The molecule has 0 aliphatic carbocycles. The Hall–Kier alpha value is -5.53. The number of rotatable bonds is 14. The van der Waals surface area contributed by atoms with E-state index in [1.54, 1.807) is 23.5 Å². The van der Waals surface area contributed by atoms with Crippen LogP contribution in [0.2, 0.25) is 5.02 Å². The second kappa shape index (κ2) is 17.0. The maximum absolute atomic E-state index is 14.0. The first-order valence-electron chi connectivity index (χ1n) is 20.4. The van der Waals surface area contributed by atoms with E-state index in [0.717, 1.165) is 94.0 Å². The molecule has 2 aromatic heterocycles. The van der Waals surface area contributed by atoms with Crippen molar-refractivity contribution in [3.8, 4) is 5.00 Å². The first-order valence-corrected chi connectivity index (χ1v) is 21.6. The quantitative estimate of drug-likeness (QED) is 0.0854. The van der Waals surface area contributed by atoms with Crippen LogP contribution >= 0.6 is 22.9 Å². The highest BCUT2D eigenvalue weighted by Gasteiger charge is 2.43. The molecule has 304 valence electrons. The van der Waals surface area contributed by atoms with E-state index in [4.69, 9.17) is 16.6 Å². The van der Waals surface area contributed by atoms with Gasteiger partial charge in [0.15, 0.2) is 5.82 Å². The fourth-order valence-electron chi connectivity index (χ4n) is 8.54. The van der Waals surface area contributed by atoms with Crippen molar-refractivity contribution in [2.75, 3.05) is 6.54 Å². The van der Waals surface area contributed by atoms with E-state index in [1.807, 2.05) is 49.4 Å². The Balaban J connectivity index is 0.821. The SMILES string of the molecule is Cc1sc2c(c1C)C(c1ccc(Cl)cc1)=N[C@@H](CC(=O)NCCCCCCCCCc1ccc3cccc4c3c1C(=O)N(C1CCC(=O)NC1=O)C4=O)c1nnc(C)n1-2. The third-order valence-corrected chi connectivity index (χ3v) is 13.2. The van der Waals surface area contributed by atoms with Crippen molar-refractivity contribution in [3.05, 3.63) is 110 Å². The lowest BCUT2D eigenvalue weighted by molar-refractivity contribution is -0.136. The number of unbranched alkanes of at least 4 members (excludes halogenated alkanes) is 6. The molecule has 3 aliphatic heterocycles. The van der Waals surface area contributed by atoms with Crippen molar-refractivity contribution in [3.63, 3.8) is 0 Å². The number of carbonyl (C=O) groups is 5. The summed E-state index contributed by atoms with van der Waals surface area (Å²) in [5, 5.41) is 17.4. The number of aliphatic imine (C=N–C) groups is 1. The molecule has 5 amide bonds. The predicted molar refractivity (Wildman–Crippen MR) is 228 cm³/mol. The minimum Gasteiger partial charge on any atom is -0.356 e. The van der Waals surface area contributed by atoms with Crippen molar-refractivity contribution in [1.29, 1.82) is 0 Å². The Morgan fingerprint density at radius 1 is 0.881 bits per heavy atom. The molecule has 1 saturated heterocycles. The van der Waals surface area contributed by atoms with E-state index in [2.05, 4.69) is 39.2 Å². The van der Waals surface area contributed by atoms with Crippen molar-refractivity contribution in [2.24, 2.45) is 4.99 Å². The summed E-state index contributed by atoms with van der Waals surface area (Å²) in [6.07, 6.45) is 7.87. The molecule has 8 rings (SSSR count). The van der Waals surface area contributed by atoms with Crippen LogP contribution in [0.1, 0.15) is 130 Å². The zero-order valence-electron chi connectivity index (χ0n) is 33.4. The molecule has 2 atom stereocenters. The highest BCUT2D eigenvalue weighted by atomic mass is 35.5. The minimum atomic E-state index is -1.02. The molecule has 5 aromatic rings. The topological polar surface area (TPSA) is 156 Å². The summed E-state index contributed by atoms with van der Waals surface area (Å²) in [5.41, 5.74) is 5.68. The number of benzene rings is 3. The molecule has 5 heterocycles. The molecule has 1 fully saturated rings. The van der Waals surface area contributed by atoms with Crippen LogP contribution in [0.25, 0.3) is 15.8 Å². The van der Waals surface area contributed by atoms with Crippen LogP contribution < -0.4 is 10.6 Å². The van der Waals surface area contributed by atoms with Crippen LogP contribution in [-0.4, -0.2) is 67.5 Å². The second-order valence-corrected chi connectivity index (χ2v) is 17.3. The standard InChI is InChI=1S/C45H46ClN7O5S/c1-25-26(2)59-45-37(25)40(30-17-19-31(46)20-18-30)48-33(41-51-50-27(3)52(41)45)24-36(55)47-23-10-8-6-4-5-7-9-12-29-16-15-28-13-11-14-32-38(28)39(29)44(58)53(43(32)57)34-21-22-35(54)49-42(34)56/h11,13-20,33-34H,4-10,12,21-24H2,1-3H3,(H,47,55)(H,49,54,56)/t33-,34?/m0/s1. The monoisotopic (exact) mass is 831 g/mol. The van der Waals surface area contributed by atoms with Gasteiger partial charge in [-0.25, -0.2) is 0 Å². The van der Waals surface area contributed by atoms with Gasteiger partial charge in [0.1, 0.15) is 22.9 Å². The number of aromatic nitrogens is 3. The average molecular weight is 832 g/mol. The molecule has 2 N–H and O–H groups in total. The molecule has 3 aliphatic rings. The number of nitrogens with zero attached hydrogens (tertiary/aromatic N) is 5. The summed E-state index contributed by atoms with van der Waals surface area (Å²) in [5.74, 6) is -0.654. The molecular formula is C45H46ClN7O5S. The van der Waals surface area contributed by atoms with Crippen LogP contribution in [0.3, 0.4) is 0 Å². The summed E-state index contributed by atoms with van der Waals surface area (Å²) in [7, 11) is 0. The molecule has 14 heteroatoms. The molecule has 12 nitrogen and oxygen atoms in total. The Labute approximate surface area is 351 Å². The third kappa shape index (κ3) is 7.85. The van der Waals surface area contributed by atoms with Crippen LogP contribution in [0.4, 0.5) is 0 Å². The maximum atomic E-state index is 14.0. The van der Waals surface area contributed by atoms with Crippen LogP contribution in [0, 0.1) is 20.8 Å². The number of carbonyl (C=O) groups excluding carboxylic acids is 5. The number of halogens is 1. The number of hydrogen-bond acceptors (Lipinski definition) is 9. The van der Waals surface area contributed by atoms with Crippen molar-refractivity contribution in [1.82, 2.24) is 30.3 Å². The number of hydrogen-bond donors (Lipinski definition) is 2. The molecular weight excluding hydrogens is 786 g/mol. The molecule has 3 aromatic carbocycles. The summed E-state index contributed by atoms with van der Waals surface area (Å²) >= 11 is 7.92. The molecule has 0 saturated carbocycles. The third-order valence-electron chi connectivity index (χ3n) is 11.7. The van der Waals surface area contributed by atoms with Gasteiger partial charge in [-0.1, -0.05) is 80.1 Å². The first kappa shape index (κ1) is 40.3. The maximum Gasteiger partial charge on any atom is 0.262 e. The highest BCUT2D eigenvalue weighted by molar-refractivity contribution is 7.15. The number of piperidine rings is 1. The number of aryl methyl sites for hydroxylation is 3. The zero-order chi connectivity index (χ0) is 41.4. The van der Waals surface area contributed by atoms with Gasteiger partial charge in [-0.05, 0) is 81.2 Å². The number of amides is 5. The summed E-state index contributed by atoms with van der Waals surface area (Å²) in [6.45, 7) is 6.72. The lowest BCUT2D eigenvalue weighted by Gasteiger charge is -2.35. The Morgan fingerprint density at radius 2 is 1.63 bits per heavy atom. The number of fused-ring (bicyclic) bond motifs is 3. The van der Waals surface area contributed by atoms with Crippen molar-refractivity contribution >= 4 is 69.0 Å². The minimum absolute atomic E-state index is 0.0754. The molecule has 0 radical (unpaired) electrons. The number of imide groups is 2. The van der Waals surface area contributed by atoms with Gasteiger partial charge in [0.25, 0.3) is 11.8 Å². The molecule has 1 unspecified atom stereocenters. The van der Waals surface area contributed by atoms with Crippen molar-refractivity contribution < 1.29 is 24.0 Å². The fraction of sp³-hybridized carbons (Fsp3) is 0.378. The largest absolute Gasteiger partial charge is 0.356 e. The second-order valence-electron chi connectivity index (χ2n) is 15.6. The average Bonchev–Trinajstić information content (AvgIpc) is 3.70. The van der Waals surface area contributed by atoms with E-state index in [1.165, 1.54) is 4.88 Å². The van der Waals surface area contributed by atoms with Gasteiger partial charge in [-0.3, -0.25) is 43.7 Å². The Kier molecular flexibility index (Phi) is 11.6. The summed E-state index contributed by atoms with van der Waals surface area (Å²) in [4.78, 5) is 72.9. The van der Waals surface area contributed by atoms with E-state index in [-0.39, 0.29) is 25.2 Å². The lowest BCUT2D eigenvalue weighted by Crippen LogP contribution is -2.57. The van der Waals surface area contributed by atoms with Gasteiger partial charge < -0.3 is 5.32 Å². The number of nitrogens with one attached hydrogen (secondary N) is 2. The van der Waals surface area contributed by atoms with Crippen molar-refractivity contribution in [2.45, 2.75) is 103 Å². The summed E-state index contributed by atoms with van der Waals surface area (Å²) < 4.78 is 2.05. The van der Waals surface area contributed by atoms with E-state index >= 15 is 0 Å². The van der Waals surface area contributed by atoms with Gasteiger partial charge in [0, 0.05) is 44.9 Å². The molecule has 0 bridgehead atoms. The zero-order valence-corrected chi connectivity index (χ0v) is 35.0. The first-order chi connectivity index (χ1) is 28.5. The molecule has 0 spiro atoms. The van der Waals surface area contributed by atoms with E-state index < -0.39 is 35.7 Å². The number of thiophene rings is 1. The Bertz CT molecular complexity index is 2540. The lowest BCUT2D eigenvalue weighted by atomic mass is 9.87. The van der Waals surface area contributed by atoms with Gasteiger partial charge in [0.05, 0.1) is 17.7 Å². The van der Waals surface area contributed by atoms with Gasteiger partial charge >= 0.3 is 0 Å². The fourth-order valence-corrected chi connectivity index (χ4v) is 9.88. The summed E-state index contributed by atoms with van der Waals surface area (Å²) in [6, 6.07) is 15.4. The molecule has 59 heavy (non-hydrogen) atoms. The van der Waals surface area contributed by atoms with Gasteiger partial charge in [0.2, 0.25) is 17.7 Å².